The molecule has 0 unspecified atom stereocenters. The maximum atomic E-state index is 12.1. The lowest BCUT2D eigenvalue weighted by atomic mass is 10.1. The van der Waals surface area contributed by atoms with Crippen molar-refractivity contribution in [3.05, 3.63) is 59.7 Å². The Kier molecular flexibility index (Phi) is 6.12. The standard InChI is InChI=1S/C21H28N4O/c1-17-5-3-4-6-18(17)11-12-22-21(26)23-19-7-9-20(10-8-19)25-15-13-24(2)14-16-25/h3-10H,11-16H2,1-2H3,(H2,22,23,26). The van der Waals surface area contributed by atoms with Gasteiger partial charge in [-0.15, -0.1) is 0 Å². The van der Waals surface area contributed by atoms with Crippen LogP contribution >= 0.6 is 0 Å². The molecule has 2 amide bonds. The van der Waals surface area contributed by atoms with E-state index in [2.05, 4.69) is 58.7 Å². The molecule has 0 atom stereocenters. The molecule has 1 heterocycles. The summed E-state index contributed by atoms with van der Waals surface area (Å²) in [5.74, 6) is 0. The zero-order valence-electron chi connectivity index (χ0n) is 15.7. The van der Waals surface area contributed by atoms with Crippen molar-refractivity contribution in [1.82, 2.24) is 10.2 Å². The van der Waals surface area contributed by atoms with Gasteiger partial charge in [0.2, 0.25) is 0 Å². The average molecular weight is 352 g/mol. The molecular formula is C21H28N4O. The molecule has 0 aliphatic carbocycles. The summed E-state index contributed by atoms with van der Waals surface area (Å²) in [6, 6.07) is 16.2. The van der Waals surface area contributed by atoms with Gasteiger partial charge < -0.3 is 20.4 Å². The lowest BCUT2D eigenvalue weighted by Gasteiger charge is -2.34. The molecule has 0 saturated carbocycles. The third kappa shape index (κ3) is 4.99. The maximum Gasteiger partial charge on any atom is 0.319 e. The number of likely N-dealkylation sites (N-methyl/N-ethyl adjacent to an activating group) is 1. The number of hydrogen-bond acceptors (Lipinski definition) is 3. The highest BCUT2D eigenvalue weighted by molar-refractivity contribution is 5.89. The number of carbonyl (C=O) groups excluding carboxylic acids is 1. The first kappa shape index (κ1) is 18.3. The first-order valence-electron chi connectivity index (χ1n) is 9.25. The van der Waals surface area contributed by atoms with Gasteiger partial charge in [0.05, 0.1) is 0 Å². The molecule has 0 spiro atoms. The van der Waals surface area contributed by atoms with Gasteiger partial charge in [-0.1, -0.05) is 24.3 Å². The van der Waals surface area contributed by atoms with Gasteiger partial charge in [-0.2, -0.15) is 0 Å². The molecule has 138 valence electrons. The van der Waals surface area contributed by atoms with E-state index in [1.54, 1.807) is 0 Å². The fourth-order valence-electron chi connectivity index (χ4n) is 3.20. The second kappa shape index (κ2) is 8.72. The van der Waals surface area contributed by atoms with Crippen LogP contribution in [0.15, 0.2) is 48.5 Å². The van der Waals surface area contributed by atoms with Gasteiger partial charge in [0, 0.05) is 44.1 Å². The largest absolute Gasteiger partial charge is 0.369 e. The Morgan fingerprint density at radius 3 is 2.38 bits per heavy atom. The van der Waals surface area contributed by atoms with E-state index in [4.69, 9.17) is 0 Å². The molecule has 1 saturated heterocycles. The second-order valence-electron chi connectivity index (χ2n) is 6.89. The van der Waals surface area contributed by atoms with Gasteiger partial charge in [0.25, 0.3) is 0 Å². The smallest absolute Gasteiger partial charge is 0.319 e. The lowest BCUT2D eigenvalue weighted by molar-refractivity contribution is 0.252. The Hall–Kier alpha value is -2.53. The number of nitrogens with zero attached hydrogens (tertiary/aromatic N) is 2. The summed E-state index contributed by atoms with van der Waals surface area (Å²) < 4.78 is 0. The molecule has 5 heteroatoms. The number of amides is 2. The van der Waals surface area contributed by atoms with Crippen molar-refractivity contribution in [1.29, 1.82) is 0 Å². The average Bonchev–Trinajstić information content (AvgIpc) is 2.65. The highest BCUT2D eigenvalue weighted by atomic mass is 16.2. The summed E-state index contributed by atoms with van der Waals surface area (Å²) in [5.41, 5.74) is 4.55. The Morgan fingerprint density at radius 1 is 1.00 bits per heavy atom. The van der Waals surface area contributed by atoms with Crippen LogP contribution in [0.3, 0.4) is 0 Å². The van der Waals surface area contributed by atoms with Gasteiger partial charge in [-0.25, -0.2) is 4.79 Å². The van der Waals surface area contributed by atoms with E-state index >= 15 is 0 Å². The van der Waals surface area contributed by atoms with E-state index in [0.29, 0.717) is 6.54 Å². The van der Waals surface area contributed by atoms with Crippen LogP contribution in [0.1, 0.15) is 11.1 Å². The molecular weight excluding hydrogens is 324 g/mol. The van der Waals surface area contributed by atoms with Gasteiger partial charge in [-0.3, -0.25) is 0 Å². The van der Waals surface area contributed by atoms with E-state index in [1.165, 1.54) is 16.8 Å². The van der Waals surface area contributed by atoms with Crippen molar-refractivity contribution < 1.29 is 4.79 Å². The van der Waals surface area contributed by atoms with Gasteiger partial charge in [0.1, 0.15) is 0 Å². The molecule has 0 radical (unpaired) electrons. The van der Waals surface area contributed by atoms with E-state index < -0.39 is 0 Å². The fraction of sp³-hybridized carbons (Fsp3) is 0.381. The maximum absolute atomic E-state index is 12.1. The molecule has 0 aromatic heterocycles. The van der Waals surface area contributed by atoms with Crippen LogP contribution in [0.2, 0.25) is 0 Å². The number of anilines is 2. The van der Waals surface area contributed by atoms with Crippen LogP contribution < -0.4 is 15.5 Å². The first-order chi connectivity index (χ1) is 12.6. The summed E-state index contributed by atoms with van der Waals surface area (Å²) in [7, 11) is 2.15. The third-order valence-corrected chi connectivity index (χ3v) is 4.93. The monoisotopic (exact) mass is 352 g/mol. The minimum absolute atomic E-state index is 0.161. The number of benzene rings is 2. The SMILES string of the molecule is Cc1ccccc1CCNC(=O)Nc1ccc(N2CCN(C)CC2)cc1. The topological polar surface area (TPSA) is 47.6 Å². The van der Waals surface area contributed by atoms with Crippen LogP contribution in [-0.4, -0.2) is 50.7 Å². The molecule has 1 fully saturated rings. The van der Waals surface area contributed by atoms with Crippen molar-refractivity contribution in [3.8, 4) is 0 Å². The molecule has 3 rings (SSSR count). The summed E-state index contributed by atoms with van der Waals surface area (Å²) in [5, 5.41) is 5.83. The second-order valence-corrected chi connectivity index (χ2v) is 6.89. The quantitative estimate of drug-likeness (QED) is 0.869. The molecule has 2 aromatic carbocycles. The van der Waals surface area contributed by atoms with Crippen LogP contribution in [0.5, 0.6) is 0 Å². The van der Waals surface area contributed by atoms with Crippen molar-refractivity contribution in [2.75, 3.05) is 50.0 Å². The number of hydrogen-bond donors (Lipinski definition) is 2. The Balaban J connectivity index is 1.45. The van der Waals surface area contributed by atoms with Crippen molar-refractivity contribution in [2.45, 2.75) is 13.3 Å². The van der Waals surface area contributed by atoms with Crippen LogP contribution in [0.25, 0.3) is 0 Å². The Bertz CT molecular complexity index is 721. The molecule has 1 aliphatic rings. The molecule has 2 N–H and O–H groups in total. The number of urea groups is 1. The molecule has 0 bridgehead atoms. The predicted octanol–water partition coefficient (Wildman–Crippen LogP) is 3.11. The summed E-state index contributed by atoms with van der Waals surface area (Å²) in [6.07, 6.45) is 0.836. The minimum atomic E-state index is -0.161. The highest BCUT2D eigenvalue weighted by Crippen LogP contribution is 2.19. The van der Waals surface area contributed by atoms with E-state index in [1.807, 2.05) is 24.3 Å². The van der Waals surface area contributed by atoms with Gasteiger partial charge in [-0.05, 0) is 55.8 Å². The zero-order valence-corrected chi connectivity index (χ0v) is 15.7. The van der Waals surface area contributed by atoms with E-state index in [9.17, 15) is 4.79 Å². The number of nitrogens with one attached hydrogen (secondary N) is 2. The molecule has 1 aliphatic heterocycles. The van der Waals surface area contributed by atoms with Crippen molar-refractivity contribution in [3.63, 3.8) is 0 Å². The third-order valence-electron chi connectivity index (χ3n) is 4.93. The van der Waals surface area contributed by atoms with Crippen LogP contribution in [0, 0.1) is 6.92 Å². The normalized spacial score (nSPS) is 14.9. The molecule has 26 heavy (non-hydrogen) atoms. The van der Waals surface area contributed by atoms with E-state index in [-0.39, 0.29) is 6.03 Å². The van der Waals surface area contributed by atoms with E-state index in [0.717, 1.165) is 38.3 Å². The molecule has 5 nitrogen and oxygen atoms in total. The fourth-order valence-corrected chi connectivity index (χ4v) is 3.20. The zero-order chi connectivity index (χ0) is 18.4. The number of carbonyl (C=O) groups is 1. The summed E-state index contributed by atoms with van der Waals surface area (Å²) in [4.78, 5) is 16.8. The molecule has 2 aromatic rings. The minimum Gasteiger partial charge on any atom is -0.369 e. The highest BCUT2D eigenvalue weighted by Gasteiger charge is 2.14. The van der Waals surface area contributed by atoms with Crippen LogP contribution in [-0.2, 0) is 6.42 Å². The van der Waals surface area contributed by atoms with Crippen LogP contribution in [0.4, 0.5) is 16.2 Å². The Morgan fingerprint density at radius 2 is 1.69 bits per heavy atom. The lowest BCUT2D eigenvalue weighted by Crippen LogP contribution is -2.44. The number of aryl methyl sites for hydroxylation is 1. The number of piperazine rings is 1. The first-order valence-corrected chi connectivity index (χ1v) is 9.25. The summed E-state index contributed by atoms with van der Waals surface area (Å²) >= 11 is 0. The van der Waals surface area contributed by atoms with Crippen molar-refractivity contribution >= 4 is 17.4 Å². The predicted molar refractivity (Wildman–Crippen MR) is 108 cm³/mol. The summed E-state index contributed by atoms with van der Waals surface area (Å²) in [6.45, 7) is 6.98. The van der Waals surface area contributed by atoms with Gasteiger partial charge >= 0.3 is 6.03 Å². The number of rotatable bonds is 5. The Labute approximate surface area is 156 Å². The van der Waals surface area contributed by atoms with Crippen molar-refractivity contribution in [2.24, 2.45) is 0 Å². The van der Waals surface area contributed by atoms with Gasteiger partial charge in [0.15, 0.2) is 0 Å².